The molecule has 21 heavy (non-hydrogen) atoms. The van der Waals surface area contributed by atoms with Crippen molar-refractivity contribution >= 4 is 11.3 Å². The third-order valence-corrected chi connectivity index (χ3v) is 5.24. The average Bonchev–Trinajstić information content (AvgIpc) is 3.16. The first-order valence-electron chi connectivity index (χ1n) is 7.51. The summed E-state index contributed by atoms with van der Waals surface area (Å²) in [5.41, 5.74) is 0.991. The topological polar surface area (TPSA) is 52.5 Å². The van der Waals surface area contributed by atoms with E-state index in [-0.39, 0.29) is 11.5 Å². The minimum Gasteiger partial charge on any atom is -0.504 e. The molecule has 0 saturated heterocycles. The maximum absolute atomic E-state index is 9.59. The van der Waals surface area contributed by atoms with E-state index in [0.717, 1.165) is 5.56 Å². The summed E-state index contributed by atoms with van der Waals surface area (Å²) in [4.78, 5) is 1.39. The molecule has 0 aliphatic heterocycles. The average molecular weight is 303 g/mol. The van der Waals surface area contributed by atoms with Crippen LogP contribution in [0.1, 0.15) is 42.2 Å². The van der Waals surface area contributed by atoms with Crippen LogP contribution in [0.2, 0.25) is 0 Å². The lowest BCUT2D eigenvalue weighted by molar-refractivity contribution is 0.369. The van der Waals surface area contributed by atoms with Gasteiger partial charge in [0.1, 0.15) is 0 Å². The molecule has 1 aromatic heterocycles. The van der Waals surface area contributed by atoms with E-state index >= 15 is 0 Å². The zero-order chi connectivity index (χ0) is 14.7. The molecule has 2 aromatic rings. The predicted octanol–water partition coefficient (Wildman–Crippen LogP) is 4.18. The molecule has 0 bridgehead atoms. The van der Waals surface area contributed by atoms with Crippen molar-refractivity contribution in [3.8, 4) is 11.5 Å². The molecule has 3 rings (SSSR count). The molecular weight excluding hydrogens is 282 g/mol. The first-order valence-corrected chi connectivity index (χ1v) is 8.39. The summed E-state index contributed by atoms with van der Waals surface area (Å²) in [5.74, 6) is 0.585. The number of aromatic hydroxyl groups is 2. The quantitative estimate of drug-likeness (QED) is 0.726. The van der Waals surface area contributed by atoms with Gasteiger partial charge < -0.3 is 15.5 Å². The second-order valence-electron chi connectivity index (χ2n) is 5.74. The van der Waals surface area contributed by atoms with E-state index in [1.54, 1.807) is 23.5 Å². The van der Waals surface area contributed by atoms with Crippen molar-refractivity contribution in [2.24, 2.45) is 5.92 Å². The van der Waals surface area contributed by atoms with Crippen LogP contribution in [0.15, 0.2) is 35.7 Å². The molecule has 1 saturated carbocycles. The van der Waals surface area contributed by atoms with E-state index in [4.69, 9.17) is 0 Å². The van der Waals surface area contributed by atoms with Gasteiger partial charge in [0.25, 0.3) is 0 Å². The molecule has 1 aromatic carbocycles. The summed E-state index contributed by atoms with van der Waals surface area (Å²) in [6, 6.07) is 9.72. The van der Waals surface area contributed by atoms with E-state index in [9.17, 15) is 10.2 Å². The molecule has 112 valence electrons. The van der Waals surface area contributed by atoms with Gasteiger partial charge in [-0.1, -0.05) is 25.0 Å². The highest BCUT2D eigenvalue weighted by Crippen LogP contribution is 2.37. The standard InChI is InChI=1S/C17H21NO2S/c19-14-8-7-12(10-15(14)20)11-18-17(13-4-1-2-5-13)16-6-3-9-21-16/h3,6-10,13,17-20H,1-2,4-5,11H2. The first-order chi connectivity index (χ1) is 10.2. The number of phenols is 2. The highest BCUT2D eigenvalue weighted by molar-refractivity contribution is 7.10. The smallest absolute Gasteiger partial charge is 0.157 e. The van der Waals surface area contributed by atoms with Crippen LogP contribution in [0, 0.1) is 5.92 Å². The Kier molecular flexibility index (Phi) is 4.46. The van der Waals surface area contributed by atoms with Gasteiger partial charge in [-0.3, -0.25) is 0 Å². The number of phenolic OH excluding ortho intramolecular Hbond substituents is 2. The monoisotopic (exact) mass is 303 g/mol. The number of nitrogens with one attached hydrogen (secondary N) is 1. The van der Waals surface area contributed by atoms with Gasteiger partial charge in [0.2, 0.25) is 0 Å². The lowest BCUT2D eigenvalue weighted by Crippen LogP contribution is -2.26. The molecule has 1 atom stereocenters. The van der Waals surface area contributed by atoms with Crippen molar-refractivity contribution in [2.75, 3.05) is 0 Å². The van der Waals surface area contributed by atoms with Gasteiger partial charge in [-0.05, 0) is 47.9 Å². The largest absolute Gasteiger partial charge is 0.504 e. The Morgan fingerprint density at radius 3 is 2.62 bits per heavy atom. The lowest BCUT2D eigenvalue weighted by atomic mass is 9.96. The molecule has 0 radical (unpaired) electrons. The van der Waals surface area contributed by atoms with E-state index in [1.165, 1.54) is 30.6 Å². The van der Waals surface area contributed by atoms with Gasteiger partial charge in [-0.15, -0.1) is 11.3 Å². The van der Waals surface area contributed by atoms with Crippen molar-refractivity contribution in [1.82, 2.24) is 5.32 Å². The second-order valence-corrected chi connectivity index (χ2v) is 6.72. The summed E-state index contributed by atoms with van der Waals surface area (Å²) < 4.78 is 0. The Balaban J connectivity index is 1.71. The molecular formula is C17H21NO2S. The summed E-state index contributed by atoms with van der Waals surface area (Å²) in [7, 11) is 0. The highest BCUT2D eigenvalue weighted by Gasteiger charge is 2.26. The normalized spacial score (nSPS) is 17.1. The highest BCUT2D eigenvalue weighted by atomic mass is 32.1. The van der Waals surface area contributed by atoms with Gasteiger partial charge in [-0.2, -0.15) is 0 Å². The van der Waals surface area contributed by atoms with Crippen LogP contribution in [0.25, 0.3) is 0 Å². The predicted molar refractivity (Wildman–Crippen MR) is 85.6 cm³/mol. The Morgan fingerprint density at radius 1 is 1.14 bits per heavy atom. The van der Waals surface area contributed by atoms with Crippen LogP contribution in [-0.4, -0.2) is 10.2 Å². The van der Waals surface area contributed by atoms with Crippen LogP contribution >= 0.6 is 11.3 Å². The molecule has 1 heterocycles. The lowest BCUT2D eigenvalue weighted by Gasteiger charge is -2.24. The van der Waals surface area contributed by atoms with Crippen LogP contribution in [-0.2, 0) is 6.54 Å². The van der Waals surface area contributed by atoms with Crippen LogP contribution < -0.4 is 5.32 Å². The molecule has 4 heteroatoms. The number of benzene rings is 1. The van der Waals surface area contributed by atoms with Gasteiger partial charge in [0.15, 0.2) is 11.5 Å². The molecule has 1 fully saturated rings. The van der Waals surface area contributed by atoms with Crippen LogP contribution in [0.3, 0.4) is 0 Å². The van der Waals surface area contributed by atoms with Crippen LogP contribution in [0.5, 0.6) is 11.5 Å². The minimum absolute atomic E-state index is 0.0529. The fraction of sp³-hybridized carbons (Fsp3) is 0.412. The fourth-order valence-electron chi connectivity index (χ4n) is 3.17. The van der Waals surface area contributed by atoms with Gasteiger partial charge in [0.05, 0.1) is 0 Å². The summed E-state index contributed by atoms with van der Waals surface area (Å²) in [6.45, 7) is 0.701. The third kappa shape index (κ3) is 3.39. The molecule has 3 nitrogen and oxygen atoms in total. The molecule has 1 aliphatic carbocycles. The molecule has 3 N–H and O–H groups in total. The Morgan fingerprint density at radius 2 is 1.95 bits per heavy atom. The maximum atomic E-state index is 9.59. The minimum atomic E-state index is -0.0654. The van der Waals surface area contributed by atoms with E-state index in [2.05, 4.69) is 22.8 Å². The summed E-state index contributed by atoms with van der Waals surface area (Å²) in [6.07, 6.45) is 5.23. The molecule has 1 aliphatic rings. The van der Waals surface area contributed by atoms with E-state index < -0.39 is 0 Å². The van der Waals surface area contributed by atoms with E-state index in [1.807, 2.05) is 6.07 Å². The van der Waals surface area contributed by atoms with Crippen molar-refractivity contribution < 1.29 is 10.2 Å². The van der Waals surface area contributed by atoms with Crippen molar-refractivity contribution in [2.45, 2.75) is 38.3 Å². The Hall–Kier alpha value is -1.52. The second kappa shape index (κ2) is 6.50. The van der Waals surface area contributed by atoms with Crippen molar-refractivity contribution in [3.05, 3.63) is 46.2 Å². The summed E-state index contributed by atoms with van der Waals surface area (Å²) in [5, 5.41) is 24.7. The van der Waals surface area contributed by atoms with Gasteiger partial charge in [0, 0.05) is 17.5 Å². The number of hydrogen-bond donors (Lipinski definition) is 3. The zero-order valence-electron chi connectivity index (χ0n) is 12.0. The van der Waals surface area contributed by atoms with Crippen LogP contribution in [0.4, 0.5) is 0 Å². The first kappa shape index (κ1) is 14.4. The Labute approximate surface area is 129 Å². The molecule has 0 spiro atoms. The third-order valence-electron chi connectivity index (χ3n) is 4.29. The van der Waals surface area contributed by atoms with Gasteiger partial charge in [-0.25, -0.2) is 0 Å². The zero-order valence-corrected chi connectivity index (χ0v) is 12.8. The Bertz CT molecular complexity index is 576. The SMILES string of the molecule is Oc1ccc(CNC(c2cccs2)C2CCCC2)cc1O. The molecule has 1 unspecified atom stereocenters. The number of rotatable bonds is 5. The van der Waals surface area contributed by atoms with E-state index in [0.29, 0.717) is 18.5 Å². The van der Waals surface area contributed by atoms with Crippen molar-refractivity contribution in [3.63, 3.8) is 0 Å². The fourth-order valence-corrected chi connectivity index (χ4v) is 4.06. The molecule has 0 amide bonds. The maximum Gasteiger partial charge on any atom is 0.157 e. The van der Waals surface area contributed by atoms with Crippen molar-refractivity contribution in [1.29, 1.82) is 0 Å². The number of thiophene rings is 1. The number of hydrogen-bond acceptors (Lipinski definition) is 4. The van der Waals surface area contributed by atoms with Gasteiger partial charge >= 0.3 is 0 Å². The summed E-state index contributed by atoms with van der Waals surface area (Å²) >= 11 is 1.81.